The molecule has 0 atom stereocenters. The van der Waals surface area contributed by atoms with Crippen LogP contribution >= 0.6 is 0 Å². The van der Waals surface area contributed by atoms with Gasteiger partial charge < -0.3 is 24.4 Å². The first-order chi connectivity index (χ1) is 12.7. The van der Waals surface area contributed by atoms with Gasteiger partial charge in [0.15, 0.2) is 11.5 Å². The molecule has 6 nitrogen and oxygen atoms in total. The molecule has 2 aliphatic heterocycles. The third-order valence-corrected chi connectivity index (χ3v) is 4.56. The lowest BCUT2D eigenvalue weighted by Gasteiger charge is -2.31. The number of nitrogens with one attached hydrogen (secondary N) is 1. The lowest BCUT2D eigenvalue weighted by molar-refractivity contribution is -0.115. The smallest absolute Gasteiger partial charge is 0.243 e. The largest absolute Gasteiger partial charge is 0.494 e. The van der Waals surface area contributed by atoms with Gasteiger partial charge in [0, 0.05) is 18.7 Å². The summed E-state index contributed by atoms with van der Waals surface area (Å²) in [7, 11) is 1.52. The topological polar surface area (TPSA) is 60.0 Å². The van der Waals surface area contributed by atoms with Crippen molar-refractivity contribution in [1.29, 1.82) is 0 Å². The van der Waals surface area contributed by atoms with Gasteiger partial charge in [0.2, 0.25) is 12.7 Å². The number of fused-ring (bicyclic) bond motifs is 2. The molecular formula is C19H19FN2O4. The van der Waals surface area contributed by atoms with Crippen LogP contribution in [-0.4, -0.2) is 32.9 Å². The standard InChI is InChI=1S/C19H19FN2O4/c1-24-15-9-17-16(25-11-26-17)8-14(15)21-18(23)10-22-7-3-5-12-4-2-6-13(20)19(12)22/h2,4,6,8-9H,3,5,7,10-11H2,1H3,(H,21,23). The van der Waals surface area contributed by atoms with Crippen molar-refractivity contribution in [2.75, 3.05) is 37.2 Å². The SMILES string of the molecule is COc1cc2c(cc1NC(=O)CN1CCCc3cccc(F)c31)OCO2. The van der Waals surface area contributed by atoms with Gasteiger partial charge in [-0.25, -0.2) is 4.39 Å². The molecule has 0 radical (unpaired) electrons. The van der Waals surface area contributed by atoms with Crippen LogP contribution < -0.4 is 24.4 Å². The second-order valence-electron chi connectivity index (χ2n) is 6.23. The molecule has 1 N–H and O–H groups in total. The molecule has 4 rings (SSSR count). The maximum absolute atomic E-state index is 14.2. The quantitative estimate of drug-likeness (QED) is 0.911. The van der Waals surface area contributed by atoms with Gasteiger partial charge in [-0.15, -0.1) is 0 Å². The summed E-state index contributed by atoms with van der Waals surface area (Å²) in [4.78, 5) is 14.3. The highest BCUT2D eigenvalue weighted by Crippen LogP contribution is 2.40. The van der Waals surface area contributed by atoms with Crippen LogP contribution in [0.25, 0.3) is 0 Å². The van der Waals surface area contributed by atoms with Crippen LogP contribution in [-0.2, 0) is 11.2 Å². The fraction of sp³-hybridized carbons (Fsp3) is 0.316. The molecule has 7 heteroatoms. The number of nitrogens with zero attached hydrogens (tertiary/aromatic N) is 1. The summed E-state index contributed by atoms with van der Waals surface area (Å²) >= 11 is 0. The van der Waals surface area contributed by atoms with E-state index in [4.69, 9.17) is 14.2 Å². The Kier molecular flexibility index (Phi) is 4.28. The summed E-state index contributed by atoms with van der Waals surface area (Å²) in [5.41, 5.74) is 1.95. The number of carbonyl (C=O) groups excluding carboxylic acids is 1. The van der Waals surface area contributed by atoms with Gasteiger partial charge in [-0.2, -0.15) is 0 Å². The first kappa shape index (κ1) is 16.5. The van der Waals surface area contributed by atoms with Gasteiger partial charge in [0.1, 0.15) is 11.6 Å². The molecule has 1 amide bonds. The van der Waals surface area contributed by atoms with Gasteiger partial charge in [0.05, 0.1) is 25.0 Å². The van der Waals surface area contributed by atoms with E-state index in [0.29, 0.717) is 35.2 Å². The van der Waals surface area contributed by atoms with Gasteiger partial charge in [-0.1, -0.05) is 12.1 Å². The predicted molar refractivity (Wildman–Crippen MR) is 94.7 cm³/mol. The monoisotopic (exact) mass is 358 g/mol. The van der Waals surface area contributed by atoms with Crippen molar-refractivity contribution < 1.29 is 23.4 Å². The van der Waals surface area contributed by atoms with Crippen molar-refractivity contribution >= 4 is 17.3 Å². The normalized spacial score (nSPS) is 14.8. The number of hydrogen-bond donors (Lipinski definition) is 1. The molecule has 0 bridgehead atoms. The average Bonchev–Trinajstić information content (AvgIpc) is 3.08. The Morgan fingerprint density at radius 2 is 2.12 bits per heavy atom. The molecule has 0 aromatic heterocycles. The molecule has 2 aromatic rings. The molecule has 26 heavy (non-hydrogen) atoms. The maximum Gasteiger partial charge on any atom is 0.243 e. The van der Waals surface area contributed by atoms with E-state index in [9.17, 15) is 9.18 Å². The van der Waals surface area contributed by atoms with E-state index >= 15 is 0 Å². The molecular weight excluding hydrogens is 339 g/mol. The number of rotatable bonds is 4. The van der Waals surface area contributed by atoms with Crippen molar-refractivity contribution in [3.05, 3.63) is 41.7 Å². The number of methoxy groups -OCH3 is 1. The molecule has 2 aromatic carbocycles. The Hall–Kier alpha value is -2.96. The Morgan fingerprint density at radius 3 is 2.92 bits per heavy atom. The van der Waals surface area contributed by atoms with Crippen molar-refractivity contribution in [1.82, 2.24) is 0 Å². The maximum atomic E-state index is 14.2. The highest BCUT2D eigenvalue weighted by atomic mass is 19.1. The van der Waals surface area contributed by atoms with E-state index in [0.717, 1.165) is 18.4 Å². The molecule has 0 fully saturated rings. The number of hydrogen-bond acceptors (Lipinski definition) is 5. The zero-order valence-corrected chi connectivity index (χ0v) is 14.4. The second kappa shape index (κ2) is 6.74. The highest BCUT2D eigenvalue weighted by Gasteiger charge is 2.24. The molecule has 2 aliphatic rings. The Morgan fingerprint density at radius 1 is 1.31 bits per heavy atom. The van der Waals surface area contributed by atoms with Crippen molar-refractivity contribution in [3.63, 3.8) is 0 Å². The first-order valence-corrected chi connectivity index (χ1v) is 8.45. The zero-order chi connectivity index (χ0) is 18.1. The lowest BCUT2D eigenvalue weighted by Crippen LogP contribution is -2.37. The van der Waals surface area contributed by atoms with Crippen LogP contribution in [0.1, 0.15) is 12.0 Å². The van der Waals surface area contributed by atoms with E-state index in [1.54, 1.807) is 23.1 Å². The molecule has 0 saturated carbocycles. The van der Waals surface area contributed by atoms with Crippen molar-refractivity contribution in [2.45, 2.75) is 12.8 Å². The summed E-state index contributed by atoms with van der Waals surface area (Å²) in [6.07, 6.45) is 1.71. The average molecular weight is 358 g/mol. The minimum Gasteiger partial charge on any atom is -0.494 e. The number of carbonyl (C=O) groups is 1. The minimum absolute atomic E-state index is 0.0610. The third-order valence-electron chi connectivity index (χ3n) is 4.56. The number of benzene rings is 2. The minimum atomic E-state index is -0.296. The molecule has 136 valence electrons. The molecule has 2 heterocycles. The zero-order valence-electron chi connectivity index (χ0n) is 14.4. The van der Waals surface area contributed by atoms with Gasteiger partial charge in [-0.05, 0) is 24.5 Å². The fourth-order valence-electron chi connectivity index (χ4n) is 3.40. The van der Waals surface area contributed by atoms with Gasteiger partial charge in [-0.3, -0.25) is 4.79 Å². The van der Waals surface area contributed by atoms with Gasteiger partial charge >= 0.3 is 0 Å². The number of halogens is 1. The summed E-state index contributed by atoms with van der Waals surface area (Å²) in [5.74, 6) is 1.06. The summed E-state index contributed by atoms with van der Waals surface area (Å²) in [6.45, 7) is 0.838. The van der Waals surface area contributed by atoms with E-state index in [-0.39, 0.29) is 25.1 Å². The van der Waals surface area contributed by atoms with Crippen LogP contribution in [0.3, 0.4) is 0 Å². The highest BCUT2D eigenvalue weighted by molar-refractivity contribution is 5.96. The fourth-order valence-corrected chi connectivity index (χ4v) is 3.40. The number of anilines is 2. The van der Waals surface area contributed by atoms with Crippen molar-refractivity contribution in [3.8, 4) is 17.2 Å². The lowest BCUT2D eigenvalue weighted by atomic mass is 10.0. The van der Waals surface area contributed by atoms with Crippen LogP contribution in [0.15, 0.2) is 30.3 Å². The second-order valence-corrected chi connectivity index (χ2v) is 6.23. The van der Waals surface area contributed by atoms with Crippen LogP contribution in [0.2, 0.25) is 0 Å². The molecule has 0 spiro atoms. The molecule has 0 aliphatic carbocycles. The van der Waals surface area contributed by atoms with Crippen molar-refractivity contribution in [2.24, 2.45) is 0 Å². The number of amides is 1. The van der Waals surface area contributed by atoms with Crippen LogP contribution in [0.4, 0.5) is 15.8 Å². The summed E-state index contributed by atoms with van der Waals surface area (Å²) in [6, 6.07) is 8.38. The third kappa shape index (κ3) is 3.00. The number of ether oxygens (including phenoxy) is 3. The number of para-hydroxylation sites is 1. The molecule has 0 saturated heterocycles. The van der Waals surface area contributed by atoms with Crippen LogP contribution in [0.5, 0.6) is 17.2 Å². The van der Waals surface area contributed by atoms with Gasteiger partial charge in [0.25, 0.3) is 0 Å². The Bertz CT molecular complexity index is 856. The Labute approximate surface area is 150 Å². The summed E-state index contributed by atoms with van der Waals surface area (Å²) in [5, 5.41) is 2.83. The van der Waals surface area contributed by atoms with E-state index in [1.165, 1.54) is 13.2 Å². The number of aryl methyl sites for hydroxylation is 1. The molecule has 0 unspecified atom stereocenters. The Balaban J connectivity index is 1.53. The van der Waals surface area contributed by atoms with Crippen LogP contribution in [0, 0.1) is 5.82 Å². The summed E-state index contributed by atoms with van der Waals surface area (Å²) < 4.78 is 30.2. The van der Waals surface area contributed by atoms with E-state index in [2.05, 4.69) is 5.32 Å². The first-order valence-electron chi connectivity index (χ1n) is 8.45. The van der Waals surface area contributed by atoms with E-state index < -0.39 is 0 Å². The van der Waals surface area contributed by atoms with E-state index in [1.807, 2.05) is 6.07 Å². The predicted octanol–water partition coefficient (Wildman–Crippen LogP) is 2.95.